The lowest BCUT2D eigenvalue weighted by atomic mass is 9.96. The van der Waals surface area contributed by atoms with Crippen molar-refractivity contribution in [3.63, 3.8) is 0 Å². The number of hydrogen-bond acceptors (Lipinski definition) is 5. The molecule has 9 aromatic carbocycles. The van der Waals surface area contributed by atoms with E-state index in [1.165, 1.54) is 0 Å². The summed E-state index contributed by atoms with van der Waals surface area (Å²) >= 11 is 0. The fraction of sp³-hybridized carbons (Fsp3) is 0.0172. The highest BCUT2D eigenvalue weighted by Crippen LogP contribution is 2.43. The molecular weight excluding hydrogens is 769 g/mol. The molecule has 5 nitrogen and oxygen atoms in total. The minimum atomic E-state index is -0.267. The summed E-state index contributed by atoms with van der Waals surface area (Å²) in [7, 11) is 0. The third kappa shape index (κ3) is 6.55. The molecule has 0 saturated carbocycles. The van der Waals surface area contributed by atoms with Crippen molar-refractivity contribution in [2.45, 2.75) is 6.17 Å². The molecule has 1 unspecified atom stereocenters. The van der Waals surface area contributed by atoms with E-state index in [1.807, 2.05) is 48.5 Å². The molecule has 0 aliphatic carbocycles. The number of amidine groups is 2. The Morgan fingerprint density at radius 1 is 0.381 bits per heavy atom. The number of benzene rings is 9. The number of nitrogens with one attached hydrogen (secondary N) is 1. The van der Waals surface area contributed by atoms with E-state index in [2.05, 4.69) is 175 Å². The lowest BCUT2D eigenvalue weighted by Gasteiger charge is -2.23. The van der Waals surface area contributed by atoms with Crippen LogP contribution in [-0.4, -0.2) is 16.7 Å². The molecule has 1 aliphatic rings. The summed E-state index contributed by atoms with van der Waals surface area (Å²) in [4.78, 5) is 15.1. The third-order valence-corrected chi connectivity index (χ3v) is 12.2. The fourth-order valence-electron chi connectivity index (χ4n) is 8.97. The molecule has 5 heteroatoms. The maximum atomic E-state index is 6.97. The van der Waals surface area contributed by atoms with Gasteiger partial charge >= 0.3 is 0 Å². The molecule has 1 aliphatic heterocycles. The Balaban J connectivity index is 0.828. The van der Waals surface area contributed by atoms with Gasteiger partial charge in [-0.1, -0.05) is 206 Å². The van der Waals surface area contributed by atoms with Crippen LogP contribution in [0.1, 0.15) is 22.9 Å². The first-order valence-electron chi connectivity index (χ1n) is 21.3. The summed E-state index contributed by atoms with van der Waals surface area (Å²) in [6, 6.07) is 76.3. The van der Waals surface area contributed by atoms with Gasteiger partial charge in [0.15, 0.2) is 5.84 Å². The SMILES string of the molecule is c1ccc(C2=NC(c3ccc(-c4ccc(-c5ccc(-c6cccc7c6oc6c7ccc7c(-c8ccccc8)nc8ccccc8c76)cc5)cc4)cc3)NC(c3ccccc3)=N2)cc1. The maximum Gasteiger partial charge on any atom is 0.159 e. The van der Waals surface area contributed by atoms with Crippen molar-refractivity contribution in [2.75, 3.05) is 0 Å². The van der Waals surface area contributed by atoms with Crippen LogP contribution in [-0.2, 0) is 0 Å². The van der Waals surface area contributed by atoms with E-state index in [0.717, 1.165) is 117 Å². The molecule has 3 heterocycles. The van der Waals surface area contributed by atoms with Crippen molar-refractivity contribution in [2.24, 2.45) is 9.98 Å². The van der Waals surface area contributed by atoms with Gasteiger partial charge in [0.25, 0.3) is 0 Å². The number of aromatic nitrogens is 1. The number of aliphatic imine (C=N–C) groups is 2. The molecule has 0 bridgehead atoms. The first kappa shape index (κ1) is 36.4. The van der Waals surface area contributed by atoms with Crippen LogP contribution in [0.4, 0.5) is 0 Å². The van der Waals surface area contributed by atoms with Crippen LogP contribution >= 0.6 is 0 Å². The van der Waals surface area contributed by atoms with Crippen LogP contribution in [0.3, 0.4) is 0 Å². The number of pyridine rings is 1. The molecule has 296 valence electrons. The van der Waals surface area contributed by atoms with Crippen LogP contribution in [0.5, 0.6) is 0 Å². The van der Waals surface area contributed by atoms with E-state index in [1.54, 1.807) is 0 Å². The summed E-state index contributed by atoms with van der Waals surface area (Å²) < 4.78 is 6.97. The molecule has 0 spiro atoms. The number of fused-ring (bicyclic) bond motifs is 7. The standard InChI is InChI=1S/C58H38N4O/c1-4-13-42(14-5-1)53-50-36-35-48-47-21-12-20-46(54(47)63-55(48)52(50)49-19-10-11-22-51(49)59-53)41-31-27-39(28-32-41)37-23-25-38(26-24-37)40-29-33-45(34-30-40)58-61-56(43-15-6-2-7-16-43)60-57(62-58)44-17-8-3-9-18-44/h1-36,58H,(H,60,61,62). The average molecular weight is 807 g/mol. The predicted molar refractivity (Wildman–Crippen MR) is 260 cm³/mol. The molecule has 0 radical (unpaired) electrons. The highest BCUT2D eigenvalue weighted by atomic mass is 16.3. The fourth-order valence-corrected chi connectivity index (χ4v) is 8.97. The zero-order valence-corrected chi connectivity index (χ0v) is 34.1. The molecule has 0 saturated heterocycles. The van der Waals surface area contributed by atoms with E-state index in [9.17, 15) is 0 Å². The van der Waals surface area contributed by atoms with Crippen molar-refractivity contribution in [1.82, 2.24) is 10.3 Å². The zero-order chi connectivity index (χ0) is 41.7. The van der Waals surface area contributed by atoms with E-state index in [0.29, 0.717) is 0 Å². The quantitative estimate of drug-likeness (QED) is 0.163. The molecule has 63 heavy (non-hydrogen) atoms. The lowest BCUT2D eigenvalue weighted by Crippen LogP contribution is -2.33. The Hall–Kier alpha value is -8.41. The number of para-hydroxylation sites is 2. The average Bonchev–Trinajstić information content (AvgIpc) is 3.76. The van der Waals surface area contributed by atoms with Gasteiger partial charge in [-0.25, -0.2) is 15.0 Å². The van der Waals surface area contributed by atoms with E-state index in [-0.39, 0.29) is 6.17 Å². The molecule has 0 fully saturated rings. The Labute approximate surface area is 364 Å². The van der Waals surface area contributed by atoms with E-state index >= 15 is 0 Å². The minimum Gasteiger partial charge on any atom is -0.455 e. The van der Waals surface area contributed by atoms with E-state index < -0.39 is 0 Å². The molecule has 1 atom stereocenters. The number of rotatable bonds is 7. The highest BCUT2D eigenvalue weighted by molar-refractivity contribution is 6.25. The Kier molecular flexibility index (Phi) is 8.82. The zero-order valence-electron chi connectivity index (χ0n) is 34.1. The summed E-state index contributed by atoms with van der Waals surface area (Å²) in [6.45, 7) is 0. The third-order valence-electron chi connectivity index (χ3n) is 12.2. The van der Waals surface area contributed by atoms with Gasteiger partial charge in [0.1, 0.15) is 23.2 Å². The van der Waals surface area contributed by atoms with Gasteiger partial charge in [0, 0.05) is 49.2 Å². The van der Waals surface area contributed by atoms with Gasteiger partial charge in [-0.2, -0.15) is 0 Å². The molecule has 1 N–H and O–H groups in total. The first-order chi connectivity index (χ1) is 31.2. The van der Waals surface area contributed by atoms with Crippen molar-refractivity contribution in [1.29, 1.82) is 0 Å². The lowest BCUT2D eigenvalue weighted by molar-refractivity contribution is 0.674. The second-order valence-electron chi connectivity index (χ2n) is 16.0. The molecule has 11 aromatic rings. The largest absolute Gasteiger partial charge is 0.455 e. The normalized spacial score (nSPS) is 13.9. The van der Waals surface area contributed by atoms with Crippen molar-refractivity contribution >= 4 is 55.3 Å². The minimum absolute atomic E-state index is 0.267. The first-order valence-corrected chi connectivity index (χ1v) is 21.3. The maximum absolute atomic E-state index is 6.97. The van der Waals surface area contributed by atoms with Gasteiger partial charge < -0.3 is 9.73 Å². The van der Waals surface area contributed by atoms with Gasteiger partial charge in [0.2, 0.25) is 0 Å². The Morgan fingerprint density at radius 2 is 0.905 bits per heavy atom. The van der Waals surface area contributed by atoms with E-state index in [4.69, 9.17) is 19.4 Å². The van der Waals surface area contributed by atoms with Crippen LogP contribution in [0.15, 0.2) is 233 Å². The molecule has 2 aromatic heterocycles. The summed E-state index contributed by atoms with van der Waals surface area (Å²) in [5.74, 6) is 1.53. The predicted octanol–water partition coefficient (Wildman–Crippen LogP) is 14.5. The molecule has 12 rings (SSSR count). The molecule has 0 amide bonds. The number of nitrogens with zero attached hydrogens (tertiary/aromatic N) is 3. The summed E-state index contributed by atoms with van der Waals surface area (Å²) in [5.41, 5.74) is 14.7. The number of furan rings is 1. The van der Waals surface area contributed by atoms with Gasteiger partial charge in [0.05, 0.1) is 11.2 Å². The van der Waals surface area contributed by atoms with Crippen LogP contribution < -0.4 is 5.32 Å². The van der Waals surface area contributed by atoms with Crippen LogP contribution in [0.2, 0.25) is 0 Å². The smallest absolute Gasteiger partial charge is 0.159 e. The van der Waals surface area contributed by atoms with Crippen LogP contribution in [0, 0.1) is 0 Å². The molecular formula is C58H38N4O. The summed E-state index contributed by atoms with van der Waals surface area (Å²) in [6.07, 6.45) is -0.267. The van der Waals surface area contributed by atoms with Crippen molar-refractivity contribution < 1.29 is 4.42 Å². The monoisotopic (exact) mass is 806 g/mol. The Bertz CT molecular complexity index is 3540. The van der Waals surface area contributed by atoms with Gasteiger partial charge in [-0.05, 0) is 45.5 Å². The second-order valence-corrected chi connectivity index (χ2v) is 16.0. The van der Waals surface area contributed by atoms with Crippen molar-refractivity contribution in [3.05, 3.63) is 235 Å². The highest BCUT2D eigenvalue weighted by Gasteiger charge is 2.22. The van der Waals surface area contributed by atoms with Gasteiger partial charge in [-0.15, -0.1) is 0 Å². The number of hydrogen-bond donors (Lipinski definition) is 1. The Morgan fingerprint density at radius 3 is 1.57 bits per heavy atom. The topological polar surface area (TPSA) is 62.8 Å². The van der Waals surface area contributed by atoms with Gasteiger partial charge in [-0.3, -0.25) is 0 Å². The van der Waals surface area contributed by atoms with Crippen LogP contribution in [0.25, 0.3) is 88.3 Å². The van der Waals surface area contributed by atoms with Crippen molar-refractivity contribution in [3.8, 4) is 44.6 Å². The second kappa shape index (κ2) is 15.2. The summed E-state index contributed by atoms with van der Waals surface area (Å²) in [5, 5.41) is 9.04.